The number of methoxy groups -OCH3 is 1. The fourth-order valence-corrected chi connectivity index (χ4v) is 3.74. The molecule has 0 saturated carbocycles. The Labute approximate surface area is 177 Å². The van der Waals surface area contributed by atoms with E-state index in [4.69, 9.17) is 9.47 Å². The second-order valence-electron chi connectivity index (χ2n) is 7.97. The number of hydrogen-bond acceptors (Lipinski definition) is 5. The van der Waals surface area contributed by atoms with Crippen molar-refractivity contribution >= 4 is 11.9 Å². The molecule has 1 heterocycles. The van der Waals surface area contributed by atoms with Crippen LogP contribution < -0.4 is 10.1 Å². The number of cyclic esters (lactones) is 1. The van der Waals surface area contributed by atoms with Crippen LogP contribution in [0, 0.1) is 0 Å². The zero-order chi connectivity index (χ0) is 23.0. The van der Waals surface area contributed by atoms with Gasteiger partial charge in [-0.05, 0) is 23.1 Å². The number of nitrogens with one attached hydrogen (secondary N) is 1. The van der Waals surface area contributed by atoms with Crippen LogP contribution in [0.25, 0.3) is 0 Å². The lowest BCUT2D eigenvalue weighted by Gasteiger charge is -2.37. The van der Waals surface area contributed by atoms with Crippen molar-refractivity contribution in [1.29, 1.82) is 0 Å². The summed E-state index contributed by atoms with van der Waals surface area (Å²) < 4.78 is 52.2. The highest BCUT2D eigenvalue weighted by atomic mass is 19.4. The zero-order valence-electron chi connectivity index (χ0n) is 17.1. The van der Waals surface area contributed by atoms with E-state index in [1.807, 2.05) is 5.32 Å². The van der Waals surface area contributed by atoms with Crippen molar-refractivity contribution < 1.29 is 37.3 Å². The average Bonchev–Trinajstić information content (AvgIpc) is 3.02. The highest BCUT2D eigenvalue weighted by Crippen LogP contribution is 2.44. The summed E-state index contributed by atoms with van der Waals surface area (Å²) >= 11 is 0. The number of esters is 1. The standard InChI is InChI=1S/C22H22F3NO5/c1-20(2,15-10-6-7-11-16(15)30-3)12-21(29,22(23,24)25)19(28)26-17-13-8-4-5-9-14(13)18(27)31-17/h4-11,17,29H,12H2,1-3H3,(H,26,28). The average molecular weight is 437 g/mol. The first-order valence-corrected chi connectivity index (χ1v) is 9.44. The molecule has 0 saturated heterocycles. The van der Waals surface area contributed by atoms with E-state index in [9.17, 15) is 27.9 Å². The lowest BCUT2D eigenvalue weighted by Crippen LogP contribution is -2.59. The SMILES string of the molecule is COc1ccccc1C(C)(C)CC(O)(C(=O)NC1OC(=O)c2ccccc21)C(F)(F)F. The van der Waals surface area contributed by atoms with Gasteiger partial charge >= 0.3 is 12.1 Å². The smallest absolute Gasteiger partial charge is 0.426 e. The number of para-hydroxylation sites is 1. The van der Waals surface area contributed by atoms with E-state index in [0.717, 1.165) is 0 Å². The molecule has 0 spiro atoms. The topological polar surface area (TPSA) is 84.9 Å². The monoisotopic (exact) mass is 437 g/mol. The van der Waals surface area contributed by atoms with Gasteiger partial charge < -0.3 is 19.9 Å². The number of alkyl halides is 3. The van der Waals surface area contributed by atoms with Crippen LogP contribution >= 0.6 is 0 Å². The molecule has 1 aliphatic rings. The summed E-state index contributed by atoms with van der Waals surface area (Å²) in [5.74, 6) is -2.15. The van der Waals surface area contributed by atoms with Crippen LogP contribution in [0.4, 0.5) is 13.2 Å². The van der Waals surface area contributed by atoms with Crippen LogP contribution in [0.3, 0.4) is 0 Å². The van der Waals surface area contributed by atoms with Gasteiger partial charge in [0.05, 0.1) is 12.7 Å². The number of carbonyl (C=O) groups is 2. The van der Waals surface area contributed by atoms with Crippen molar-refractivity contribution in [3.05, 3.63) is 65.2 Å². The Morgan fingerprint density at radius 3 is 2.39 bits per heavy atom. The number of aliphatic hydroxyl groups is 1. The largest absolute Gasteiger partial charge is 0.496 e. The molecule has 2 atom stereocenters. The van der Waals surface area contributed by atoms with Crippen molar-refractivity contribution in [2.24, 2.45) is 0 Å². The lowest BCUT2D eigenvalue weighted by molar-refractivity contribution is -0.258. The predicted octanol–water partition coefficient (Wildman–Crippen LogP) is 3.64. The van der Waals surface area contributed by atoms with E-state index in [0.29, 0.717) is 11.3 Å². The number of ether oxygens (including phenoxy) is 2. The normalized spacial score (nSPS) is 18.0. The molecular formula is C22H22F3NO5. The number of carbonyl (C=O) groups excluding carboxylic acids is 2. The van der Waals surface area contributed by atoms with Crippen LogP contribution in [0.2, 0.25) is 0 Å². The first-order valence-electron chi connectivity index (χ1n) is 9.44. The molecule has 0 aliphatic carbocycles. The first kappa shape index (κ1) is 22.6. The Morgan fingerprint density at radius 2 is 1.74 bits per heavy atom. The Morgan fingerprint density at radius 1 is 1.13 bits per heavy atom. The van der Waals surface area contributed by atoms with Gasteiger partial charge in [-0.3, -0.25) is 4.79 Å². The van der Waals surface area contributed by atoms with Crippen LogP contribution in [0.1, 0.15) is 48.0 Å². The van der Waals surface area contributed by atoms with Gasteiger partial charge in [0.15, 0.2) is 0 Å². The molecule has 6 nitrogen and oxygen atoms in total. The minimum atomic E-state index is -5.29. The Hall–Kier alpha value is -3.07. The van der Waals surface area contributed by atoms with Gasteiger partial charge in [-0.2, -0.15) is 13.2 Å². The highest BCUT2D eigenvalue weighted by molar-refractivity contribution is 5.95. The van der Waals surface area contributed by atoms with Gasteiger partial charge in [-0.15, -0.1) is 0 Å². The summed E-state index contributed by atoms with van der Waals surface area (Å²) in [6.45, 7) is 2.94. The van der Waals surface area contributed by atoms with Gasteiger partial charge in [0.2, 0.25) is 11.8 Å². The summed E-state index contributed by atoms with van der Waals surface area (Å²) in [6.07, 6.45) is -7.71. The molecule has 1 amide bonds. The third kappa shape index (κ3) is 4.10. The lowest BCUT2D eigenvalue weighted by atomic mass is 9.74. The summed E-state index contributed by atoms with van der Waals surface area (Å²) in [6, 6.07) is 12.4. The molecule has 2 aromatic carbocycles. The van der Waals surface area contributed by atoms with E-state index in [-0.39, 0.29) is 11.1 Å². The second kappa shape index (κ2) is 7.88. The number of fused-ring (bicyclic) bond motifs is 1. The van der Waals surface area contributed by atoms with Crippen LogP contribution in [-0.2, 0) is 14.9 Å². The maximum absolute atomic E-state index is 14.0. The van der Waals surface area contributed by atoms with E-state index >= 15 is 0 Å². The summed E-state index contributed by atoms with van der Waals surface area (Å²) in [4.78, 5) is 24.7. The van der Waals surface area contributed by atoms with Crippen molar-refractivity contribution in [3.63, 3.8) is 0 Å². The maximum atomic E-state index is 14.0. The van der Waals surface area contributed by atoms with E-state index in [1.54, 1.807) is 36.4 Å². The molecule has 2 N–H and O–H groups in total. The number of hydrogen-bond donors (Lipinski definition) is 2. The number of rotatable bonds is 6. The molecule has 0 bridgehead atoms. The van der Waals surface area contributed by atoms with Crippen molar-refractivity contribution in [1.82, 2.24) is 5.32 Å². The van der Waals surface area contributed by atoms with Crippen LogP contribution in [0.5, 0.6) is 5.75 Å². The molecule has 1 aliphatic heterocycles. The second-order valence-corrected chi connectivity index (χ2v) is 7.97. The predicted molar refractivity (Wildman–Crippen MR) is 104 cm³/mol. The molecule has 0 fully saturated rings. The van der Waals surface area contributed by atoms with Gasteiger partial charge in [-0.25, -0.2) is 4.79 Å². The first-order chi connectivity index (χ1) is 14.4. The van der Waals surface area contributed by atoms with E-state index < -0.39 is 41.7 Å². The van der Waals surface area contributed by atoms with E-state index in [2.05, 4.69) is 0 Å². The third-order valence-electron chi connectivity index (χ3n) is 5.33. The summed E-state index contributed by atoms with van der Waals surface area (Å²) in [5, 5.41) is 12.7. The summed E-state index contributed by atoms with van der Waals surface area (Å²) in [5.41, 5.74) is -4.31. The quantitative estimate of drug-likeness (QED) is 0.674. The maximum Gasteiger partial charge on any atom is 0.426 e. The fourth-order valence-electron chi connectivity index (χ4n) is 3.74. The summed E-state index contributed by atoms with van der Waals surface area (Å²) in [7, 11) is 1.38. The molecule has 166 valence electrons. The van der Waals surface area contributed by atoms with Crippen LogP contribution in [0.15, 0.2) is 48.5 Å². The third-order valence-corrected chi connectivity index (χ3v) is 5.33. The Balaban J connectivity index is 1.92. The molecule has 2 unspecified atom stereocenters. The van der Waals surface area contributed by atoms with Gasteiger partial charge in [-0.1, -0.05) is 50.2 Å². The van der Waals surface area contributed by atoms with Crippen molar-refractivity contribution in [2.45, 2.75) is 43.7 Å². The number of halogens is 3. The minimum Gasteiger partial charge on any atom is -0.496 e. The van der Waals surface area contributed by atoms with Gasteiger partial charge in [0, 0.05) is 12.0 Å². The molecule has 3 rings (SSSR count). The molecule has 31 heavy (non-hydrogen) atoms. The minimum absolute atomic E-state index is 0.137. The van der Waals surface area contributed by atoms with Crippen LogP contribution in [-0.4, -0.2) is 35.9 Å². The van der Waals surface area contributed by atoms with E-state index in [1.165, 1.54) is 33.1 Å². The highest BCUT2D eigenvalue weighted by Gasteiger charge is 2.62. The van der Waals surface area contributed by atoms with Gasteiger partial charge in [0.1, 0.15) is 5.75 Å². The number of amides is 1. The Kier molecular flexibility index (Phi) is 5.75. The molecule has 0 aromatic heterocycles. The molecular weight excluding hydrogens is 415 g/mol. The molecule has 9 heteroatoms. The molecule has 2 aromatic rings. The fraction of sp³-hybridized carbons (Fsp3) is 0.364. The van der Waals surface area contributed by atoms with Crippen molar-refractivity contribution in [3.8, 4) is 5.75 Å². The Bertz CT molecular complexity index is 1000. The van der Waals surface area contributed by atoms with Gasteiger partial charge in [0.25, 0.3) is 5.91 Å². The number of benzene rings is 2. The van der Waals surface area contributed by atoms with Crippen molar-refractivity contribution in [2.75, 3.05) is 7.11 Å². The molecule has 0 radical (unpaired) electrons. The zero-order valence-corrected chi connectivity index (χ0v) is 17.1.